The van der Waals surface area contributed by atoms with Gasteiger partial charge in [-0.05, 0) is 79.9 Å². The van der Waals surface area contributed by atoms with Gasteiger partial charge in [-0.3, -0.25) is 0 Å². The predicted octanol–water partition coefficient (Wildman–Crippen LogP) is 10.1. The molecule has 0 bridgehead atoms. The molecular weight excluding hydrogens is 496 g/mol. The van der Waals surface area contributed by atoms with Gasteiger partial charge in [-0.1, -0.05) is 123 Å². The fourth-order valence-electron chi connectivity index (χ4n) is 7.92. The van der Waals surface area contributed by atoms with Crippen molar-refractivity contribution in [2.75, 3.05) is 0 Å². The number of hydrogen-bond donors (Lipinski definition) is 0. The van der Waals surface area contributed by atoms with Gasteiger partial charge in [-0.15, -0.1) is 0 Å². The third-order valence-corrected chi connectivity index (χ3v) is 9.76. The first-order valence-electron chi connectivity index (χ1n) is 14.4. The fraction of sp³-hybridized carbons (Fsp3) is 0.100. The van der Waals surface area contributed by atoms with Crippen molar-refractivity contribution in [1.82, 2.24) is 0 Å². The minimum Gasteiger partial charge on any atom is -0.457 e. The van der Waals surface area contributed by atoms with Crippen LogP contribution in [0.25, 0.3) is 33.4 Å². The number of benzene rings is 6. The number of fused-ring (bicyclic) bond motifs is 12. The Morgan fingerprint density at radius 3 is 1.46 bits per heavy atom. The third kappa shape index (κ3) is 2.81. The molecule has 0 unspecified atom stereocenters. The zero-order valence-electron chi connectivity index (χ0n) is 23.1. The molecule has 1 heteroatoms. The summed E-state index contributed by atoms with van der Waals surface area (Å²) in [6, 6.07) is 49.1. The molecule has 0 N–H and O–H groups in total. The Hall–Kier alpha value is -4.88. The Kier molecular flexibility index (Phi) is 4.39. The Balaban J connectivity index is 1.32. The summed E-state index contributed by atoms with van der Waals surface area (Å²) in [6.07, 6.45) is 0. The van der Waals surface area contributed by atoms with Crippen molar-refractivity contribution in [1.29, 1.82) is 0 Å². The molecule has 1 spiro atoms. The number of para-hydroxylation sites is 2. The van der Waals surface area contributed by atoms with Crippen molar-refractivity contribution in [3.63, 3.8) is 0 Å². The summed E-state index contributed by atoms with van der Waals surface area (Å²) < 4.78 is 6.51. The van der Waals surface area contributed by atoms with Gasteiger partial charge in [-0.25, -0.2) is 0 Å². The molecule has 0 atom stereocenters. The fourth-order valence-corrected chi connectivity index (χ4v) is 7.92. The molecule has 0 radical (unpaired) electrons. The van der Waals surface area contributed by atoms with Gasteiger partial charge in [0, 0.05) is 16.5 Å². The summed E-state index contributed by atoms with van der Waals surface area (Å²) in [5, 5.41) is 0. The largest absolute Gasteiger partial charge is 0.457 e. The lowest BCUT2D eigenvalue weighted by Gasteiger charge is -2.39. The second-order valence-corrected chi connectivity index (χ2v) is 12.1. The normalized spacial score (nSPS) is 15.7. The maximum atomic E-state index is 6.51. The van der Waals surface area contributed by atoms with E-state index < -0.39 is 5.41 Å². The van der Waals surface area contributed by atoms with Crippen molar-refractivity contribution >= 4 is 0 Å². The number of rotatable bonds is 1. The van der Waals surface area contributed by atoms with Gasteiger partial charge in [0.05, 0.1) is 5.41 Å². The molecule has 6 aromatic rings. The lowest BCUT2D eigenvalue weighted by Crippen LogP contribution is -2.32. The van der Waals surface area contributed by atoms with Gasteiger partial charge in [0.25, 0.3) is 0 Å². The molecule has 1 heterocycles. The van der Waals surface area contributed by atoms with Crippen LogP contribution in [-0.4, -0.2) is 0 Å². The van der Waals surface area contributed by atoms with Gasteiger partial charge in [0.1, 0.15) is 11.5 Å². The molecular formula is C40H28O. The molecule has 6 aromatic carbocycles. The van der Waals surface area contributed by atoms with E-state index in [9.17, 15) is 0 Å². The van der Waals surface area contributed by atoms with E-state index in [0.29, 0.717) is 0 Å². The van der Waals surface area contributed by atoms with Crippen LogP contribution in [0.1, 0.15) is 47.2 Å². The topological polar surface area (TPSA) is 9.23 Å². The molecule has 1 aliphatic heterocycles. The van der Waals surface area contributed by atoms with Gasteiger partial charge >= 0.3 is 0 Å². The summed E-state index contributed by atoms with van der Waals surface area (Å²) in [5.41, 5.74) is 15.2. The summed E-state index contributed by atoms with van der Waals surface area (Å²) in [5.74, 6) is 1.85. The molecule has 0 aromatic heterocycles. The highest BCUT2D eigenvalue weighted by atomic mass is 16.5. The molecule has 0 saturated heterocycles. The average Bonchev–Trinajstić information content (AvgIpc) is 3.43. The number of ether oxygens (including phenoxy) is 1. The minimum atomic E-state index is -0.445. The average molecular weight is 525 g/mol. The number of hydrogen-bond acceptors (Lipinski definition) is 1. The lowest BCUT2D eigenvalue weighted by molar-refractivity contribution is 0.436. The molecule has 41 heavy (non-hydrogen) atoms. The summed E-state index contributed by atoms with van der Waals surface area (Å²) in [6.45, 7) is 4.71. The standard InChI is InChI=1S/C40H28O/c1-39(2)31-13-5-3-11-27(31)29-21-19-25(23-35(29)39)26-20-22-30-28-12-4-6-14-32(28)40(36(30)24-26)33-15-7-9-17-37(33)41-38-18-10-8-16-34(38)40/h3-24H,1-2H3. The molecule has 3 aliphatic rings. The van der Waals surface area contributed by atoms with Crippen LogP contribution in [0.15, 0.2) is 133 Å². The summed E-state index contributed by atoms with van der Waals surface area (Å²) in [7, 11) is 0. The second kappa shape index (κ2) is 7.86. The van der Waals surface area contributed by atoms with Crippen LogP contribution in [0, 0.1) is 0 Å². The van der Waals surface area contributed by atoms with Crippen molar-refractivity contribution in [3.05, 3.63) is 167 Å². The monoisotopic (exact) mass is 524 g/mol. The first kappa shape index (κ1) is 22.9. The second-order valence-electron chi connectivity index (χ2n) is 12.1. The Labute approximate surface area is 240 Å². The van der Waals surface area contributed by atoms with E-state index in [4.69, 9.17) is 4.74 Å². The maximum Gasteiger partial charge on any atom is 0.132 e. The summed E-state index contributed by atoms with van der Waals surface area (Å²) >= 11 is 0. The van der Waals surface area contributed by atoms with Crippen molar-refractivity contribution in [2.24, 2.45) is 0 Å². The highest BCUT2D eigenvalue weighted by Crippen LogP contribution is 2.62. The smallest absolute Gasteiger partial charge is 0.132 e. The highest BCUT2D eigenvalue weighted by molar-refractivity contribution is 5.91. The zero-order valence-corrected chi connectivity index (χ0v) is 23.1. The predicted molar refractivity (Wildman–Crippen MR) is 167 cm³/mol. The SMILES string of the molecule is CC1(C)c2ccccc2-c2ccc(-c3ccc4c(c3)C3(c5ccccc5Oc5ccccc53)c3ccccc3-4)cc21. The van der Waals surface area contributed by atoms with Gasteiger partial charge in [0.15, 0.2) is 0 Å². The van der Waals surface area contributed by atoms with E-state index in [1.54, 1.807) is 0 Å². The zero-order chi connectivity index (χ0) is 27.3. The molecule has 9 rings (SSSR count). The van der Waals surface area contributed by atoms with E-state index in [0.717, 1.165) is 11.5 Å². The third-order valence-electron chi connectivity index (χ3n) is 9.76. The molecule has 194 valence electrons. The maximum absolute atomic E-state index is 6.51. The first-order valence-corrected chi connectivity index (χ1v) is 14.4. The van der Waals surface area contributed by atoms with Crippen molar-refractivity contribution in [3.8, 4) is 44.9 Å². The summed E-state index contributed by atoms with van der Waals surface area (Å²) in [4.78, 5) is 0. The van der Waals surface area contributed by atoms with Gasteiger partial charge in [-0.2, -0.15) is 0 Å². The van der Waals surface area contributed by atoms with E-state index in [1.807, 2.05) is 0 Å². The van der Waals surface area contributed by atoms with Crippen molar-refractivity contribution in [2.45, 2.75) is 24.7 Å². The Bertz CT molecular complexity index is 2020. The van der Waals surface area contributed by atoms with Gasteiger partial charge < -0.3 is 4.74 Å². The van der Waals surface area contributed by atoms with Crippen LogP contribution in [0.4, 0.5) is 0 Å². The van der Waals surface area contributed by atoms with Crippen LogP contribution in [0.5, 0.6) is 11.5 Å². The minimum absolute atomic E-state index is 0.0330. The van der Waals surface area contributed by atoms with Crippen LogP contribution in [0.2, 0.25) is 0 Å². The lowest BCUT2D eigenvalue weighted by atomic mass is 9.66. The quantitative estimate of drug-likeness (QED) is 0.208. The Morgan fingerprint density at radius 1 is 0.390 bits per heavy atom. The molecule has 1 nitrogen and oxygen atoms in total. The van der Waals surface area contributed by atoms with Crippen LogP contribution in [0.3, 0.4) is 0 Å². The van der Waals surface area contributed by atoms with Crippen LogP contribution in [-0.2, 0) is 10.8 Å². The van der Waals surface area contributed by atoms with E-state index in [2.05, 4.69) is 147 Å². The molecule has 0 fully saturated rings. The Morgan fingerprint density at radius 2 is 0.829 bits per heavy atom. The van der Waals surface area contributed by atoms with E-state index in [1.165, 1.54) is 66.8 Å². The van der Waals surface area contributed by atoms with Gasteiger partial charge in [0.2, 0.25) is 0 Å². The van der Waals surface area contributed by atoms with E-state index in [-0.39, 0.29) is 5.41 Å². The van der Waals surface area contributed by atoms with Crippen LogP contribution < -0.4 is 4.74 Å². The molecule has 0 saturated carbocycles. The highest BCUT2D eigenvalue weighted by Gasteiger charge is 2.51. The first-order chi connectivity index (χ1) is 20.1. The van der Waals surface area contributed by atoms with E-state index >= 15 is 0 Å². The van der Waals surface area contributed by atoms with Crippen molar-refractivity contribution < 1.29 is 4.74 Å². The molecule has 2 aliphatic carbocycles. The van der Waals surface area contributed by atoms with Crippen LogP contribution >= 0.6 is 0 Å². The molecule has 0 amide bonds.